The van der Waals surface area contributed by atoms with Crippen molar-refractivity contribution < 1.29 is 19.4 Å². The fourth-order valence-electron chi connectivity index (χ4n) is 1.76. The molecule has 0 heterocycles. The fraction of sp³-hybridized carbons (Fsp3) is 0.188. The first kappa shape index (κ1) is 13.9. The molecule has 2 rings (SSSR count). The second-order valence-corrected chi connectivity index (χ2v) is 4.44. The Balaban J connectivity index is 2.02. The lowest BCUT2D eigenvalue weighted by Crippen LogP contribution is -2.06. The summed E-state index contributed by atoms with van der Waals surface area (Å²) in [6.07, 6.45) is 0. The Morgan fingerprint density at radius 3 is 2.50 bits per heavy atom. The van der Waals surface area contributed by atoms with Crippen LogP contribution in [0.3, 0.4) is 0 Å². The number of carbonyl (C=O) groups excluding carboxylic acids is 1. The lowest BCUT2D eigenvalue weighted by Gasteiger charge is -2.08. The van der Waals surface area contributed by atoms with Crippen LogP contribution >= 0.6 is 0 Å². The summed E-state index contributed by atoms with van der Waals surface area (Å²) in [6.45, 7) is 2.00. The van der Waals surface area contributed by atoms with Crippen molar-refractivity contribution in [2.75, 3.05) is 7.11 Å². The fourth-order valence-corrected chi connectivity index (χ4v) is 1.76. The number of phenols is 1. The highest BCUT2D eigenvalue weighted by atomic mass is 16.5. The molecule has 0 fully saturated rings. The number of methoxy groups -OCH3 is 1. The Labute approximate surface area is 117 Å². The van der Waals surface area contributed by atoms with Gasteiger partial charge in [0.25, 0.3) is 0 Å². The first-order valence-corrected chi connectivity index (χ1v) is 6.20. The number of aryl methyl sites for hydroxylation is 1. The minimum Gasteiger partial charge on any atom is -0.507 e. The molecule has 4 nitrogen and oxygen atoms in total. The van der Waals surface area contributed by atoms with Gasteiger partial charge in [-0.1, -0.05) is 23.8 Å². The molecule has 4 heteroatoms. The molecule has 20 heavy (non-hydrogen) atoms. The molecule has 0 saturated carbocycles. The van der Waals surface area contributed by atoms with Gasteiger partial charge in [-0.3, -0.25) is 0 Å². The monoisotopic (exact) mass is 272 g/mol. The van der Waals surface area contributed by atoms with E-state index in [-0.39, 0.29) is 17.9 Å². The predicted molar refractivity (Wildman–Crippen MR) is 75.0 cm³/mol. The summed E-state index contributed by atoms with van der Waals surface area (Å²) in [4.78, 5) is 11.9. The summed E-state index contributed by atoms with van der Waals surface area (Å²) in [7, 11) is 1.59. The molecule has 1 N–H and O–H groups in total. The molecule has 0 radical (unpaired) electrons. The van der Waals surface area contributed by atoms with Gasteiger partial charge < -0.3 is 14.6 Å². The third-order valence-corrected chi connectivity index (χ3v) is 2.90. The van der Waals surface area contributed by atoms with Crippen LogP contribution in [0.1, 0.15) is 21.5 Å². The summed E-state index contributed by atoms with van der Waals surface area (Å²) in [6, 6.07) is 12.1. The summed E-state index contributed by atoms with van der Waals surface area (Å²) in [5.41, 5.74) is 1.92. The molecule has 0 aromatic heterocycles. The van der Waals surface area contributed by atoms with Gasteiger partial charge in [-0.05, 0) is 36.8 Å². The number of esters is 1. The predicted octanol–water partition coefficient (Wildman–Crippen LogP) is 3.07. The zero-order chi connectivity index (χ0) is 14.5. The van der Waals surface area contributed by atoms with Gasteiger partial charge in [0, 0.05) is 0 Å². The summed E-state index contributed by atoms with van der Waals surface area (Å²) < 4.78 is 10.2. The maximum atomic E-state index is 11.9. The van der Waals surface area contributed by atoms with Gasteiger partial charge in [-0.15, -0.1) is 0 Å². The quantitative estimate of drug-likeness (QED) is 0.869. The molecular formula is C16H16O4. The van der Waals surface area contributed by atoms with E-state index in [9.17, 15) is 9.90 Å². The van der Waals surface area contributed by atoms with Gasteiger partial charge in [0.05, 0.1) is 7.11 Å². The van der Waals surface area contributed by atoms with Crippen LogP contribution in [0.25, 0.3) is 0 Å². The first-order chi connectivity index (χ1) is 9.60. The Kier molecular flexibility index (Phi) is 4.25. The molecule has 0 aliphatic heterocycles. The highest BCUT2D eigenvalue weighted by molar-refractivity contribution is 5.92. The second kappa shape index (κ2) is 6.10. The normalized spacial score (nSPS) is 10.1. The van der Waals surface area contributed by atoms with E-state index >= 15 is 0 Å². The van der Waals surface area contributed by atoms with Crippen LogP contribution in [-0.2, 0) is 11.3 Å². The maximum Gasteiger partial charge on any atom is 0.342 e. The van der Waals surface area contributed by atoms with E-state index in [1.165, 1.54) is 6.07 Å². The zero-order valence-corrected chi connectivity index (χ0v) is 11.4. The van der Waals surface area contributed by atoms with Crippen LogP contribution in [0.2, 0.25) is 0 Å². The molecular weight excluding hydrogens is 256 g/mol. The topological polar surface area (TPSA) is 55.8 Å². The molecule has 2 aromatic carbocycles. The minimum absolute atomic E-state index is 0.0738. The highest BCUT2D eigenvalue weighted by Gasteiger charge is 2.12. The van der Waals surface area contributed by atoms with E-state index in [1.54, 1.807) is 31.4 Å². The van der Waals surface area contributed by atoms with Crippen LogP contribution in [0, 0.1) is 6.92 Å². The molecule has 0 bridgehead atoms. The molecule has 2 aromatic rings. The van der Waals surface area contributed by atoms with Crippen LogP contribution in [-0.4, -0.2) is 18.2 Å². The molecule has 104 valence electrons. The highest BCUT2D eigenvalue weighted by Crippen LogP contribution is 2.20. The Morgan fingerprint density at radius 2 is 1.85 bits per heavy atom. The zero-order valence-electron chi connectivity index (χ0n) is 11.4. The molecule has 0 aliphatic rings. The number of aromatic hydroxyl groups is 1. The summed E-state index contributed by atoms with van der Waals surface area (Å²) in [5, 5.41) is 9.65. The average molecular weight is 272 g/mol. The van der Waals surface area contributed by atoms with Gasteiger partial charge in [0.2, 0.25) is 0 Å². The largest absolute Gasteiger partial charge is 0.507 e. The number of phenolic OH excluding ortho intramolecular Hbond substituents is 1. The van der Waals surface area contributed by atoms with Crippen molar-refractivity contribution in [2.24, 2.45) is 0 Å². The summed E-state index contributed by atoms with van der Waals surface area (Å²) >= 11 is 0. The van der Waals surface area contributed by atoms with Crippen molar-refractivity contribution in [1.29, 1.82) is 0 Å². The van der Waals surface area contributed by atoms with Crippen molar-refractivity contribution in [3.05, 3.63) is 59.2 Å². The minimum atomic E-state index is -0.540. The van der Waals surface area contributed by atoms with Crippen LogP contribution in [0.4, 0.5) is 0 Å². The number of ether oxygens (including phenoxy) is 2. The number of hydrogen-bond acceptors (Lipinski definition) is 4. The van der Waals surface area contributed by atoms with Gasteiger partial charge in [0.15, 0.2) is 0 Å². The van der Waals surface area contributed by atoms with E-state index < -0.39 is 5.97 Å². The van der Waals surface area contributed by atoms with Crippen molar-refractivity contribution >= 4 is 5.97 Å². The van der Waals surface area contributed by atoms with E-state index in [1.807, 2.05) is 19.1 Å². The summed E-state index contributed by atoms with van der Waals surface area (Å²) in [5.74, 6) is 0.133. The van der Waals surface area contributed by atoms with E-state index in [0.717, 1.165) is 16.9 Å². The average Bonchev–Trinajstić information content (AvgIpc) is 2.47. The third-order valence-electron chi connectivity index (χ3n) is 2.90. The number of carbonyl (C=O) groups is 1. The van der Waals surface area contributed by atoms with Crippen LogP contribution < -0.4 is 4.74 Å². The van der Waals surface area contributed by atoms with Crippen molar-refractivity contribution in [3.63, 3.8) is 0 Å². The third kappa shape index (κ3) is 3.29. The van der Waals surface area contributed by atoms with E-state index in [2.05, 4.69) is 0 Å². The van der Waals surface area contributed by atoms with Gasteiger partial charge in [-0.2, -0.15) is 0 Å². The first-order valence-electron chi connectivity index (χ1n) is 6.20. The van der Waals surface area contributed by atoms with E-state index in [0.29, 0.717) is 0 Å². The molecule has 0 atom stereocenters. The number of benzene rings is 2. The van der Waals surface area contributed by atoms with Crippen molar-refractivity contribution in [3.8, 4) is 11.5 Å². The number of hydrogen-bond donors (Lipinski definition) is 1. The molecule has 0 spiro atoms. The SMILES string of the molecule is COc1ccc(COC(=O)c2cc(C)ccc2O)cc1. The smallest absolute Gasteiger partial charge is 0.342 e. The van der Waals surface area contributed by atoms with Gasteiger partial charge in [-0.25, -0.2) is 4.79 Å². The molecule has 0 saturated heterocycles. The van der Waals surface area contributed by atoms with Crippen molar-refractivity contribution in [1.82, 2.24) is 0 Å². The lowest BCUT2D eigenvalue weighted by molar-refractivity contribution is 0.0469. The van der Waals surface area contributed by atoms with Crippen LogP contribution in [0.5, 0.6) is 11.5 Å². The van der Waals surface area contributed by atoms with Crippen molar-refractivity contribution in [2.45, 2.75) is 13.5 Å². The number of rotatable bonds is 4. The molecule has 0 amide bonds. The Bertz CT molecular complexity index is 602. The Morgan fingerprint density at radius 1 is 1.15 bits per heavy atom. The van der Waals surface area contributed by atoms with Crippen LogP contribution in [0.15, 0.2) is 42.5 Å². The molecule has 0 aliphatic carbocycles. The second-order valence-electron chi connectivity index (χ2n) is 4.44. The standard InChI is InChI=1S/C16H16O4/c1-11-3-8-15(17)14(9-11)16(18)20-10-12-4-6-13(19-2)7-5-12/h3-9,17H,10H2,1-2H3. The lowest BCUT2D eigenvalue weighted by atomic mass is 10.1. The molecule has 0 unspecified atom stereocenters. The van der Waals surface area contributed by atoms with E-state index in [4.69, 9.17) is 9.47 Å². The Hall–Kier alpha value is -2.49. The van der Waals surface area contributed by atoms with Gasteiger partial charge in [0.1, 0.15) is 23.7 Å². The maximum absolute atomic E-state index is 11.9. The van der Waals surface area contributed by atoms with Gasteiger partial charge >= 0.3 is 5.97 Å².